The van der Waals surface area contributed by atoms with Gasteiger partial charge >= 0.3 is 0 Å². The van der Waals surface area contributed by atoms with E-state index in [0.29, 0.717) is 18.0 Å². The molecule has 2 aromatic rings. The summed E-state index contributed by atoms with van der Waals surface area (Å²) in [4.78, 5) is 0. The number of halogens is 1. The average molecular weight is 377 g/mol. The van der Waals surface area contributed by atoms with Crippen molar-refractivity contribution in [3.8, 4) is 5.75 Å². The van der Waals surface area contributed by atoms with Crippen molar-refractivity contribution in [2.24, 2.45) is 5.73 Å². The molecule has 0 saturated heterocycles. The molecule has 0 aliphatic heterocycles. The van der Waals surface area contributed by atoms with Crippen LogP contribution in [0.1, 0.15) is 5.56 Å². The monoisotopic (exact) mass is 376 g/mol. The van der Waals surface area contributed by atoms with Crippen LogP contribution in [0.2, 0.25) is 0 Å². The molecule has 0 fully saturated rings. The van der Waals surface area contributed by atoms with Gasteiger partial charge in [0.1, 0.15) is 9.96 Å². The number of hydrogen-bond acceptors (Lipinski definition) is 5. The molecule has 1 aromatic heterocycles. The summed E-state index contributed by atoms with van der Waals surface area (Å²) in [6.07, 6.45) is 0. The van der Waals surface area contributed by atoms with E-state index in [0.717, 1.165) is 21.4 Å². The van der Waals surface area contributed by atoms with Gasteiger partial charge in [0.25, 0.3) is 10.0 Å². The molecule has 3 N–H and O–H groups in total. The summed E-state index contributed by atoms with van der Waals surface area (Å²) in [5.41, 5.74) is 6.66. The number of benzene rings is 1. The standard InChI is InChI=1S/C12H13BrN2O3S2/c1-18-11-3-2-9(13)5-10(11)15-20(16,17)12-4-8(6-14)7-19-12/h2-5,7,15H,6,14H2,1H3. The van der Waals surface area contributed by atoms with E-state index < -0.39 is 10.0 Å². The molecule has 0 unspecified atom stereocenters. The first-order valence-corrected chi connectivity index (χ1v) is 8.75. The van der Waals surface area contributed by atoms with Crippen LogP contribution in [0.3, 0.4) is 0 Å². The van der Waals surface area contributed by atoms with E-state index >= 15 is 0 Å². The third kappa shape index (κ3) is 3.32. The van der Waals surface area contributed by atoms with Crippen molar-refractivity contribution in [2.75, 3.05) is 11.8 Å². The van der Waals surface area contributed by atoms with Crippen LogP contribution < -0.4 is 15.2 Å². The van der Waals surface area contributed by atoms with Crippen LogP contribution in [0.4, 0.5) is 5.69 Å². The Morgan fingerprint density at radius 1 is 1.40 bits per heavy atom. The molecule has 0 amide bonds. The number of thiophene rings is 1. The first kappa shape index (κ1) is 15.3. The third-order valence-corrected chi connectivity index (χ3v) is 5.88. The van der Waals surface area contributed by atoms with E-state index in [-0.39, 0.29) is 4.21 Å². The van der Waals surface area contributed by atoms with Gasteiger partial charge in [-0.3, -0.25) is 4.72 Å². The van der Waals surface area contributed by atoms with Gasteiger partial charge in [0.2, 0.25) is 0 Å². The van der Waals surface area contributed by atoms with Crippen molar-refractivity contribution in [3.05, 3.63) is 39.7 Å². The van der Waals surface area contributed by atoms with Gasteiger partial charge in [-0.25, -0.2) is 8.42 Å². The zero-order chi connectivity index (χ0) is 14.8. The maximum atomic E-state index is 12.3. The number of methoxy groups -OCH3 is 1. The van der Waals surface area contributed by atoms with Gasteiger partial charge in [0.15, 0.2) is 0 Å². The molecule has 0 aliphatic rings. The summed E-state index contributed by atoms with van der Waals surface area (Å²) in [6.45, 7) is 0.312. The molecule has 0 bridgehead atoms. The second-order valence-electron chi connectivity index (χ2n) is 3.93. The van der Waals surface area contributed by atoms with E-state index in [1.165, 1.54) is 7.11 Å². The van der Waals surface area contributed by atoms with Crippen molar-refractivity contribution in [1.29, 1.82) is 0 Å². The van der Waals surface area contributed by atoms with Gasteiger partial charge in [0.05, 0.1) is 12.8 Å². The predicted molar refractivity (Wildman–Crippen MR) is 83.7 cm³/mol. The third-order valence-electron chi connectivity index (χ3n) is 2.54. The van der Waals surface area contributed by atoms with Gasteiger partial charge < -0.3 is 10.5 Å². The van der Waals surface area contributed by atoms with E-state index in [9.17, 15) is 8.42 Å². The Kier molecular flexibility index (Phi) is 4.69. The van der Waals surface area contributed by atoms with Crippen LogP contribution in [0.25, 0.3) is 0 Å². The SMILES string of the molecule is COc1ccc(Br)cc1NS(=O)(=O)c1cc(CN)cs1. The minimum absolute atomic E-state index is 0.222. The van der Waals surface area contributed by atoms with Crippen molar-refractivity contribution in [2.45, 2.75) is 10.8 Å². The normalized spacial score (nSPS) is 11.3. The first-order chi connectivity index (χ1) is 9.46. The lowest BCUT2D eigenvalue weighted by Crippen LogP contribution is -2.12. The van der Waals surface area contributed by atoms with Crippen molar-refractivity contribution in [1.82, 2.24) is 0 Å². The summed E-state index contributed by atoms with van der Waals surface area (Å²) >= 11 is 4.44. The van der Waals surface area contributed by atoms with Crippen molar-refractivity contribution < 1.29 is 13.2 Å². The van der Waals surface area contributed by atoms with Gasteiger partial charge in [-0.15, -0.1) is 11.3 Å². The molecule has 0 saturated carbocycles. The largest absolute Gasteiger partial charge is 0.495 e. The number of anilines is 1. The minimum Gasteiger partial charge on any atom is -0.495 e. The van der Waals surface area contributed by atoms with Crippen LogP contribution in [0, 0.1) is 0 Å². The number of ether oxygens (including phenoxy) is 1. The number of rotatable bonds is 5. The zero-order valence-corrected chi connectivity index (χ0v) is 13.8. The Bertz CT molecular complexity index is 713. The molecule has 1 heterocycles. The highest BCUT2D eigenvalue weighted by molar-refractivity contribution is 9.10. The van der Waals surface area contributed by atoms with Crippen molar-refractivity contribution >= 4 is 43.0 Å². The lowest BCUT2D eigenvalue weighted by Gasteiger charge is -2.11. The molecule has 0 aliphatic carbocycles. The summed E-state index contributed by atoms with van der Waals surface area (Å²) < 4.78 is 33.2. The highest BCUT2D eigenvalue weighted by Gasteiger charge is 2.18. The lowest BCUT2D eigenvalue weighted by atomic mass is 10.3. The molecule has 2 rings (SSSR count). The summed E-state index contributed by atoms with van der Waals surface area (Å²) in [7, 11) is -2.15. The Labute approximate surface area is 129 Å². The first-order valence-electron chi connectivity index (χ1n) is 5.60. The highest BCUT2D eigenvalue weighted by Crippen LogP contribution is 2.31. The fraction of sp³-hybridized carbons (Fsp3) is 0.167. The van der Waals surface area contributed by atoms with Gasteiger partial charge in [-0.05, 0) is 35.2 Å². The molecule has 0 atom stereocenters. The number of sulfonamides is 1. The van der Waals surface area contributed by atoms with Gasteiger partial charge in [-0.1, -0.05) is 15.9 Å². The number of nitrogens with one attached hydrogen (secondary N) is 1. The minimum atomic E-state index is -3.64. The molecule has 0 radical (unpaired) electrons. The van der Waals surface area contributed by atoms with E-state index in [1.807, 2.05) is 0 Å². The molecule has 8 heteroatoms. The highest BCUT2D eigenvalue weighted by atomic mass is 79.9. The average Bonchev–Trinajstić information content (AvgIpc) is 2.88. The Morgan fingerprint density at radius 2 is 2.15 bits per heavy atom. The second-order valence-corrected chi connectivity index (χ2v) is 7.66. The number of hydrogen-bond donors (Lipinski definition) is 2. The Balaban J connectivity index is 2.35. The fourth-order valence-corrected chi connectivity index (χ4v) is 4.20. The fourth-order valence-electron chi connectivity index (χ4n) is 1.56. The summed E-state index contributed by atoms with van der Waals surface area (Å²) in [6, 6.07) is 6.67. The van der Waals surface area contributed by atoms with E-state index in [1.54, 1.807) is 29.6 Å². The Morgan fingerprint density at radius 3 is 2.75 bits per heavy atom. The van der Waals surface area contributed by atoms with E-state index in [2.05, 4.69) is 20.7 Å². The summed E-state index contributed by atoms with van der Waals surface area (Å²) in [5, 5.41) is 1.73. The zero-order valence-electron chi connectivity index (χ0n) is 10.6. The van der Waals surface area contributed by atoms with Crippen LogP contribution in [0.5, 0.6) is 5.75 Å². The topological polar surface area (TPSA) is 81.4 Å². The van der Waals surface area contributed by atoms with Crippen LogP contribution in [0.15, 0.2) is 38.3 Å². The molecule has 1 aromatic carbocycles. The molecular formula is C12H13BrN2O3S2. The van der Waals surface area contributed by atoms with Gasteiger partial charge in [0, 0.05) is 11.0 Å². The smallest absolute Gasteiger partial charge is 0.271 e. The molecule has 20 heavy (non-hydrogen) atoms. The molecule has 108 valence electrons. The molecular weight excluding hydrogens is 364 g/mol. The van der Waals surface area contributed by atoms with Crippen LogP contribution >= 0.6 is 27.3 Å². The lowest BCUT2D eigenvalue weighted by molar-refractivity contribution is 0.417. The maximum absolute atomic E-state index is 12.3. The number of nitrogens with two attached hydrogens (primary N) is 1. The molecule has 5 nitrogen and oxygen atoms in total. The van der Waals surface area contributed by atoms with Crippen LogP contribution in [-0.4, -0.2) is 15.5 Å². The predicted octanol–water partition coefficient (Wildman–Crippen LogP) is 2.78. The maximum Gasteiger partial charge on any atom is 0.271 e. The van der Waals surface area contributed by atoms with Gasteiger partial charge in [-0.2, -0.15) is 0 Å². The van der Waals surface area contributed by atoms with Crippen molar-refractivity contribution in [3.63, 3.8) is 0 Å². The quantitative estimate of drug-likeness (QED) is 0.840. The van der Waals surface area contributed by atoms with Crippen LogP contribution in [-0.2, 0) is 16.6 Å². The van der Waals surface area contributed by atoms with E-state index in [4.69, 9.17) is 10.5 Å². The summed E-state index contributed by atoms with van der Waals surface area (Å²) in [5.74, 6) is 0.451. The second kappa shape index (κ2) is 6.13. The Hall–Kier alpha value is -1.09. The molecule has 0 spiro atoms.